The SMILES string of the molecule is O=C(Cc1ccc([N+](=O)[O-])cc1)Nc1ccc(-c2nc3ccccc3[nH]2)cc1. The molecule has 0 unspecified atom stereocenters. The number of fused-ring (bicyclic) bond motifs is 1. The first kappa shape index (κ1) is 17.4. The Morgan fingerprint density at radius 2 is 1.71 bits per heavy atom. The summed E-state index contributed by atoms with van der Waals surface area (Å²) in [5.41, 5.74) is 4.18. The number of aromatic nitrogens is 2. The molecule has 7 heteroatoms. The smallest absolute Gasteiger partial charge is 0.269 e. The van der Waals surface area contributed by atoms with Crippen molar-refractivity contribution >= 4 is 28.3 Å². The fourth-order valence-electron chi connectivity index (χ4n) is 2.93. The second kappa shape index (κ2) is 7.32. The van der Waals surface area contributed by atoms with Crippen molar-refractivity contribution in [2.75, 3.05) is 5.32 Å². The number of para-hydroxylation sites is 2. The van der Waals surface area contributed by atoms with E-state index in [0.717, 1.165) is 22.4 Å². The van der Waals surface area contributed by atoms with Crippen LogP contribution in [-0.2, 0) is 11.2 Å². The van der Waals surface area contributed by atoms with Gasteiger partial charge in [0.1, 0.15) is 5.82 Å². The van der Waals surface area contributed by atoms with Crippen LogP contribution in [0.4, 0.5) is 11.4 Å². The van der Waals surface area contributed by atoms with Gasteiger partial charge in [-0.05, 0) is 42.0 Å². The minimum Gasteiger partial charge on any atom is -0.338 e. The Morgan fingerprint density at radius 1 is 1.00 bits per heavy atom. The van der Waals surface area contributed by atoms with E-state index in [4.69, 9.17) is 0 Å². The molecule has 7 nitrogen and oxygen atoms in total. The van der Waals surface area contributed by atoms with Crippen LogP contribution in [-0.4, -0.2) is 20.8 Å². The van der Waals surface area contributed by atoms with Crippen molar-refractivity contribution in [3.8, 4) is 11.4 Å². The summed E-state index contributed by atoms with van der Waals surface area (Å²) in [5.74, 6) is 0.579. The molecule has 0 aliphatic heterocycles. The lowest BCUT2D eigenvalue weighted by Crippen LogP contribution is -2.14. The van der Waals surface area contributed by atoms with E-state index in [1.165, 1.54) is 12.1 Å². The van der Waals surface area contributed by atoms with Gasteiger partial charge in [0, 0.05) is 23.4 Å². The predicted molar refractivity (Wildman–Crippen MR) is 107 cm³/mol. The fourth-order valence-corrected chi connectivity index (χ4v) is 2.93. The lowest BCUT2D eigenvalue weighted by molar-refractivity contribution is -0.384. The summed E-state index contributed by atoms with van der Waals surface area (Å²) in [4.78, 5) is 30.2. The molecule has 2 N–H and O–H groups in total. The Morgan fingerprint density at radius 3 is 2.39 bits per heavy atom. The van der Waals surface area contributed by atoms with Crippen molar-refractivity contribution in [1.29, 1.82) is 0 Å². The molecular formula is C21H16N4O3. The number of nitrogens with zero attached hydrogens (tertiary/aromatic N) is 2. The summed E-state index contributed by atoms with van der Waals surface area (Å²) in [5, 5.41) is 13.5. The van der Waals surface area contributed by atoms with Gasteiger partial charge in [-0.2, -0.15) is 0 Å². The number of aromatic amines is 1. The predicted octanol–water partition coefficient (Wildman–Crippen LogP) is 4.32. The minimum absolute atomic E-state index is 0.00494. The maximum Gasteiger partial charge on any atom is 0.269 e. The third kappa shape index (κ3) is 3.73. The van der Waals surface area contributed by atoms with E-state index in [2.05, 4.69) is 15.3 Å². The van der Waals surface area contributed by atoms with Crippen molar-refractivity contribution in [3.05, 3.63) is 88.5 Å². The Bertz CT molecular complexity index is 1120. The van der Waals surface area contributed by atoms with Gasteiger partial charge in [0.25, 0.3) is 5.69 Å². The van der Waals surface area contributed by atoms with E-state index < -0.39 is 4.92 Å². The van der Waals surface area contributed by atoms with Gasteiger partial charge >= 0.3 is 0 Å². The number of anilines is 1. The zero-order valence-corrected chi connectivity index (χ0v) is 14.8. The minimum atomic E-state index is -0.465. The number of amides is 1. The van der Waals surface area contributed by atoms with E-state index >= 15 is 0 Å². The number of benzene rings is 3. The van der Waals surface area contributed by atoms with Gasteiger partial charge in [-0.25, -0.2) is 4.98 Å². The highest BCUT2D eigenvalue weighted by molar-refractivity contribution is 5.92. The standard InChI is InChI=1S/C21H16N4O3/c26-20(13-14-5-11-17(12-6-14)25(27)28)22-16-9-7-15(8-10-16)21-23-18-3-1-2-4-19(18)24-21/h1-12H,13H2,(H,22,26)(H,23,24). The van der Waals surface area contributed by atoms with Crippen LogP contribution < -0.4 is 5.32 Å². The summed E-state index contributed by atoms with van der Waals surface area (Å²) >= 11 is 0. The van der Waals surface area contributed by atoms with E-state index in [9.17, 15) is 14.9 Å². The highest BCUT2D eigenvalue weighted by Crippen LogP contribution is 2.22. The normalized spacial score (nSPS) is 10.7. The van der Waals surface area contributed by atoms with Crippen LogP contribution >= 0.6 is 0 Å². The van der Waals surface area contributed by atoms with Gasteiger partial charge in [0.15, 0.2) is 0 Å². The monoisotopic (exact) mass is 372 g/mol. The number of nitro groups is 1. The van der Waals surface area contributed by atoms with Crippen molar-refractivity contribution in [2.24, 2.45) is 0 Å². The molecule has 0 aliphatic carbocycles. The molecule has 0 bridgehead atoms. The first-order valence-corrected chi connectivity index (χ1v) is 8.67. The first-order chi connectivity index (χ1) is 13.6. The van der Waals surface area contributed by atoms with Gasteiger partial charge in [-0.3, -0.25) is 14.9 Å². The molecular weight excluding hydrogens is 356 g/mol. The number of H-pyrrole nitrogens is 1. The van der Waals surface area contributed by atoms with Gasteiger partial charge in [0.05, 0.1) is 22.4 Å². The highest BCUT2D eigenvalue weighted by Gasteiger charge is 2.09. The van der Waals surface area contributed by atoms with Gasteiger partial charge in [-0.15, -0.1) is 0 Å². The maximum atomic E-state index is 12.2. The molecule has 0 saturated heterocycles. The number of hydrogen-bond donors (Lipinski definition) is 2. The number of non-ortho nitro benzene ring substituents is 1. The zero-order valence-electron chi connectivity index (χ0n) is 14.8. The molecule has 0 aliphatic rings. The van der Waals surface area contributed by atoms with Gasteiger partial charge in [0.2, 0.25) is 5.91 Å². The molecule has 0 saturated carbocycles. The van der Waals surface area contributed by atoms with Crippen LogP contribution in [0, 0.1) is 10.1 Å². The van der Waals surface area contributed by atoms with E-state index in [1.54, 1.807) is 12.1 Å². The molecule has 0 spiro atoms. The number of rotatable bonds is 5. The van der Waals surface area contributed by atoms with Crippen molar-refractivity contribution < 1.29 is 9.72 Å². The number of nitrogens with one attached hydrogen (secondary N) is 2. The van der Waals surface area contributed by atoms with Crippen molar-refractivity contribution in [3.63, 3.8) is 0 Å². The van der Waals surface area contributed by atoms with Crippen LogP contribution in [0.15, 0.2) is 72.8 Å². The quantitative estimate of drug-likeness (QED) is 0.402. The maximum absolute atomic E-state index is 12.2. The number of imidazole rings is 1. The molecule has 1 aromatic heterocycles. The Balaban J connectivity index is 1.42. The number of carbonyl (C=O) groups excluding carboxylic acids is 1. The Kier molecular flexibility index (Phi) is 4.55. The number of carbonyl (C=O) groups is 1. The molecule has 0 atom stereocenters. The van der Waals surface area contributed by atoms with Crippen LogP contribution in [0.2, 0.25) is 0 Å². The molecule has 0 radical (unpaired) electrons. The van der Waals surface area contributed by atoms with E-state index in [0.29, 0.717) is 11.3 Å². The number of nitro benzene ring substituents is 1. The Labute approximate surface area is 160 Å². The molecule has 0 fully saturated rings. The average molecular weight is 372 g/mol. The Hall–Kier alpha value is -4.00. The molecule has 1 heterocycles. The molecule has 28 heavy (non-hydrogen) atoms. The molecule has 4 aromatic rings. The third-order valence-corrected chi connectivity index (χ3v) is 4.34. The highest BCUT2D eigenvalue weighted by atomic mass is 16.6. The second-order valence-corrected chi connectivity index (χ2v) is 6.33. The lowest BCUT2D eigenvalue weighted by Gasteiger charge is -2.06. The number of hydrogen-bond acceptors (Lipinski definition) is 4. The van der Waals surface area contributed by atoms with E-state index in [-0.39, 0.29) is 18.0 Å². The fraction of sp³-hybridized carbons (Fsp3) is 0.0476. The summed E-state index contributed by atoms with van der Waals surface area (Å²) in [6.45, 7) is 0. The van der Waals surface area contributed by atoms with Crippen molar-refractivity contribution in [1.82, 2.24) is 9.97 Å². The molecule has 3 aromatic carbocycles. The summed E-state index contributed by atoms with van der Waals surface area (Å²) in [6.07, 6.45) is 0.142. The van der Waals surface area contributed by atoms with Gasteiger partial charge < -0.3 is 10.3 Å². The average Bonchev–Trinajstić information content (AvgIpc) is 3.13. The summed E-state index contributed by atoms with van der Waals surface area (Å²) in [7, 11) is 0. The summed E-state index contributed by atoms with van der Waals surface area (Å²) < 4.78 is 0. The largest absolute Gasteiger partial charge is 0.338 e. The van der Waals surface area contributed by atoms with Crippen LogP contribution in [0.5, 0.6) is 0 Å². The van der Waals surface area contributed by atoms with Crippen LogP contribution in [0.1, 0.15) is 5.56 Å². The van der Waals surface area contributed by atoms with E-state index in [1.807, 2.05) is 48.5 Å². The zero-order chi connectivity index (χ0) is 19.5. The first-order valence-electron chi connectivity index (χ1n) is 8.67. The summed E-state index contributed by atoms with van der Waals surface area (Å²) in [6, 6.07) is 21.2. The third-order valence-electron chi connectivity index (χ3n) is 4.34. The topological polar surface area (TPSA) is 101 Å². The lowest BCUT2D eigenvalue weighted by atomic mass is 10.1. The molecule has 1 amide bonds. The second-order valence-electron chi connectivity index (χ2n) is 6.33. The van der Waals surface area contributed by atoms with Gasteiger partial charge in [-0.1, -0.05) is 24.3 Å². The van der Waals surface area contributed by atoms with Crippen LogP contribution in [0.25, 0.3) is 22.4 Å². The molecule has 138 valence electrons. The van der Waals surface area contributed by atoms with Crippen LogP contribution in [0.3, 0.4) is 0 Å². The van der Waals surface area contributed by atoms with Crippen molar-refractivity contribution in [2.45, 2.75) is 6.42 Å². The molecule has 4 rings (SSSR count).